The molecule has 1 aromatic rings. The number of fused-ring (bicyclic) bond motifs is 1. The Kier molecular flexibility index (Phi) is 1.90. The summed E-state index contributed by atoms with van der Waals surface area (Å²) in [6.45, 7) is 4.39. The number of aromatic hydroxyl groups is 1. The standard InChI is InChI=1S/C10H12OSe/c1-6-3-4-8(11)10-9(6)7(2)5-12-10/h3-4,7,11H,5H2,1-2H3. The summed E-state index contributed by atoms with van der Waals surface area (Å²) in [4.78, 5) is 0. The second-order valence-electron chi connectivity index (χ2n) is 3.36. The molecule has 0 saturated heterocycles. The Labute approximate surface area is 79.0 Å². The van der Waals surface area contributed by atoms with Gasteiger partial charge in [0.05, 0.1) is 0 Å². The van der Waals surface area contributed by atoms with E-state index in [9.17, 15) is 5.11 Å². The molecule has 2 rings (SSSR count). The van der Waals surface area contributed by atoms with Crippen LogP contribution in [0.4, 0.5) is 0 Å². The van der Waals surface area contributed by atoms with Crippen molar-refractivity contribution in [2.24, 2.45) is 0 Å². The number of phenols is 1. The van der Waals surface area contributed by atoms with Crippen LogP contribution in [0.15, 0.2) is 12.1 Å². The molecular formula is C10H12OSe. The third kappa shape index (κ3) is 1.07. The Morgan fingerprint density at radius 2 is 2.25 bits per heavy atom. The molecule has 1 unspecified atom stereocenters. The van der Waals surface area contributed by atoms with E-state index in [0.29, 0.717) is 26.6 Å². The van der Waals surface area contributed by atoms with Crippen LogP contribution in [0.25, 0.3) is 0 Å². The van der Waals surface area contributed by atoms with Gasteiger partial charge in [-0.05, 0) is 0 Å². The van der Waals surface area contributed by atoms with E-state index in [1.54, 1.807) is 0 Å². The van der Waals surface area contributed by atoms with Crippen LogP contribution in [0.1, 0.15) is 24.0 Å². The van der Waals surface area contributed by atoms with Gasteiger partial charge in [-0.2, -0.15) is 0 Å². The molecule has 0 saturated carbocycles. The molecular weight excluding hydrogens is 215 g/mol. The fourth-order valence-corrected chi connectivity index (χ4v) is 4.51. The van der Waals surface area contributed by atoms with Crippen LogP contribution in [0, 0.1) is 6.92 Å². The third-order valence-corrected chi connectivity index (χ3v) is 5.27. The Hall–Kier alpha value is -0.461. The number of hydrogen-bond donors (Lipinski definition) is 1. The van der Waals surface area contributed by atoms with Gasteiger partial charge in [0, 0.05) is 0 Å². The topological polar surface area (TPSA) is 20.2 Å². The maximum atomic E-state index is 9.59. The van der Waals surface area contributed by atoms with Gasteiger partial charge in [-0.1, -0.05) is 0 Å². The first-order valence-electron chi connectivity index (χ1n) is 4.15. The molecule has 0 bridgehead atoms. The molecule has 2 heteroatoms. The van der Waals surface area contributed by atoms with Crippen LogP contribution in [0.2, 0.25) is 5.32 Å². The van der Waals surface area contributed by atoms with Crippen LogP contribution in [0.3, 0.4) is 0 Å². The van der Waals surface area contributed by atoms with Crippen molar-refractivity contribution in [2.75, 3.05) is 0 Å². The first-order valence-corrected chi connectivity index (χ1v) is 6.22. The molecule has 0 spiro atoms. The summed E-state index contributed by atoms with van der Waals surface area (Å²) in [5.41, 5.74) is 2.75. The van der Waals surface area contributed by atoms with Crippen LogP contribution in [0.5, 0.6) is 5.75 Å². The van der Waals surface area contributed by atoms with Gasteiger partial charge in [0.2, 0.25) is 0 Å². The zero-order valence-corrected chi connectivity index (χ0v) is 9.01. The number of benzene rings is 1. The Morgan fingerprint density at radius 1 is 1.50 bits per heavy atom. The fourth-order valence-electron chi connectivity index (χ4n) is 1.74. The Balaban J connectivity index is 2.64. The van der Waals surface area contributed by atoms with Crippen molar-refractivity contribution >= 4 is 19.4 Å². The zero-order chi connectivity index (χ0) is 8.72. The van der Waals surface area contributed by atoms with Gasteiger partial charge < -0.3 is 0 Å². The van der Waals surface area contributed by atoms with Crippen molar-refractivity contribution < 1.29 is 5.11 Å². The van der Waals surface area contributed by atoms with Crippen molar-refractivity contribution in [1.29, 1.82) is 0 Å². The summed E-state index contributed by atoms with van der Waals surface area (Å²) >= 11 is 0.505. The van der Waals surface area contributed by atoms with E-state index in [-0.39, 0.29) is 0 Å². The Bertz CT molecular complexity index is 320. The van der Waals surface area contributed by atoms with Crippen molar-refractivity contribution in [2.45, 2.75) is 25.1 Å². The van der Waals surface area contributed by atoms with Crippen molar-refractivity contribution in [3.8, 4) is 5.75 Å². The van der Waals surface area contributed by atoms with E-state index in [2.05, 4.69) is 13.8 Å². The predicted molar refractivity (Wildman–Crippen MR) is 51.5 cm³/mol. The molecule has 1 aliphatic heterocycles. The molecule has 0 aromatic heterocycles. The molecule has 0 aliphatic carbocycles. The molecule has 0 radical (unpaired) electrons. The second-order valence-corrected chi connectivity index (χ2v) is 5.52. The quantitative estimate of drug-likeness (QED) is 0.667. The molecule has 0 amide bonds. The van der Waals surface area contributed by atoms with Crippen molar-refractivity contribution in [3.63, 3.8) is 0 Å². The maximum absolute atomic E-state index is 9.59. The molecule has 1 nitrogen and oxygen atoms in total. The first-order chi connectivity index (χ1) is 5.70. The molecule has 0 fully saturated rings. The molecule has 1 aromatic carbocycles. The average molecular weight is 227 g/mol. The summed E-state index contributed by atoms with van der Waals surface area (Å²) in [5.74, 6) is 1.17. The van der Waals surface area contributed by atoms with Crippen molar-refractivity contribution in [3.05, 3.63) is 23.3 Å². The normalized spacial score (nSPS) is 21.0. The number of aryl methyl sites for hydroxylation is 1. The van der Waals surface area contributed by atoms with Gasteiger partial charge >= 0.3 is 78.6 Å². The summed E-state index contributed by atoms with van der Waals surface area (Å²) < 4.78 is 1.25. The van der Waals surface area contributed by atoms with E-state index >= 15 is 0 Å². The van der Waals surface area contributed by atoms with Crippen LogP contribution in [-0.4, -0.2) is 20.1 Å². The van der Waals surface area contributed by atoms with E-state index in [1.807, 2.05) is 12.1 Å². The molecule has 1 aliphatic rings. The zero-order valence-electron chi connectivity index (χ0n) is 7.29. The number of phenolic OH excluding ortho intramolecular Hbond substituents is 1. The minimum atomic E-state index is 0.505. The van der Waals surface area contributed by atoms with Crippen molar-refractivity contribution in [1.82, 2.24) is 0 Å². The summed E-state index contributed by atoms with van der Waals surface area (Å²) in [6.07, 6.45) is 0. The van der Waals surface area contributed by atoms with E-state index in [1.165, 1.54) is 20.9 Å². The van der Waals surface area contributed by atoms with Gasteiger partial charge in [-0.25, -0.2) is 0 Å². The van der Waals surface area contributed by atoms with Gasteiger partial charge in [0.15, 0.2) is 0 Å². The molecule has 1 atom stereocenters. The molecule has 64 valence electrons. The second kappa shape index (κ2) is 2.79. The van der Waals surface area contributed by atoms with Gasteiger partial charge in [0.25, 0.3) is 0 Å². The fraction of sp³-hybridized carbons (Fsp3) is 0.400. The number of hydrogen-bond acceptors (Lipinski definition) is 1. The summed E-state index contributed by atoms with van der Waals surface area (Å²) in [5, 5.41) is 10.8. The average Bonchev–Trinajstić information content (AvgIpc) is 2.42. The van der Waals surface area contributed by atoms with Crippen LogP contribution >= 0.6 is 0 Å². The molecule has 1 heterocycles. The molecule has 1 N–H and O–H groups in total. The predicted octanol–water partition coefficient (Wildman–Crippen LogP) is 1.57. The molecule has 12 heavy (non-hydrogen) atoms. The van der Waals surface area contributed by atoms with E-state index in [4.69, 9.17) is 0 Å². The minimum absolute atomic E-state index is 0.505. The van der Waals surface area contributed by atoms with Gasteiger partial charge in [-0.3, -0.25) is 0 Å². The SMILES string of the molecule is Cc1ccc(O)c2c1C(C)C[Se]2. The summed E-state index contributed by atoms with van der Waals surface area (Å²) in [7, 11) is 0. The Morgan fingerprint density at radius 3 is 2.92 bits per heavy atom. The van der Waals surface area contributed by atoms with Gasteiger partial charge in [0.1, 0.15) is 0 Å². The van der Waals surface area contributed by atoms with Crippen LogP contribution in [-0.2, 0) is 0 Å². The van der Waals surface area contributed by atoms with Crippen LogP contribution < -0.4 is 4.46 Å². The number of rotatable bonds is 0. The van der Waals surface area contributed by atoms with E-state index < -0.39 is 0 Å². The van der Waals surface area contributed by atoms with E-state index in [0.717, 1.165) is 0 Å². The monoisotopic (exact) mass is 228 g/mol. The summed E-state index contributed by atoms with van der Waals surface area (Å²) in [6, 6.07) is 3.85. The van der Waals surface area contributed by atoms with Gasteiger partial charge in [-0.15, -0.1) is 0 Å². The first kappa shape index (κ1) is 8.15. The third-order valence-electron chi connectivity index (χ3n) is 2.36.